The number of benzene rings is 1. The summed E-state index contributed by atoms with van der Waals surface area (Å²) in [6.07, 6.45) is -2.88. The number of alkyl halides is 4. The lowest BCUT2D eigenvalue weighted by atomic mass is 9.90. The van der Waals surface area contributed by atoms with Crippen LogP contribution in [0.1, 0.15) is 54.6 Å². The number of carbonyl (C=O) groups excluding carboxylic acids is 3. The van der Waals surface area contributed by atoms with E-state index >= 15 is 0 Å². The zero-order valence-corrected chi connectivity index (χ0v) is 20.7. The maximum Gasteiger partial charge on any atom is 0.271 e. The second-order valence-electron chi connectivity index (χ2n) is 10.6. The Morgan fingerprint density at radius 3 is 2.69 bits per heavy atom. The number of fused-ring (bicyclic) bond motifs is 2. The average molecular weight is 552 g/mol. The molecular formula is C26H26F5N5O3. The standard InChI is InChI=1S/C26H26F5N5O3/c27-14-5-17(22(28)29)16-7-20(35-19(16)6-14)25(39)36-11-13-8-26(30,31)9-18(13)21(36)24(38)34-15(10-32)4-12-2-1-3-33-23(12)37/h5-7,12-13,15,18,21-22,35H,1-4,8-9,11H2,(H,33,37)(H,34,38)/t12-,13+,15+,18+,21+/m0/s1. The van der Waals surface area contributed by atoms with Crippen molar-refractivity contribution in [2.45, 2.75) is 56.5 Å². The van der Waals surface area contributed by atoms with Crippen LogP contribution in [0.2, 0.25) is 0 Å². The number of halogens is 5. The normalized spacial score (nSPS) is 26.8. The van der Waals surface area contributed by atoms with E-state index in [1.165, 1.54) is 0 Å². The van der Waals surface area contributed by atoms with E-state index in [9.17, 15) is 41.6 Å². The highest BCUT2D eigenvalue weighted by Gasteiger charge is 2.58. The van der Waals surface area contributed by atoms with Crippen LogP contribution in [0.4, 0.5) is 22.0 Å². The summed E-state index contributed by atoms with van der Waals surface area (Å²) in [5.41, 5.74) is -0.857. The van der Waals surface area contributed by atoms with Crippen molar-refractivity contribution in [3.05, 3.63) is 35.3 Å². The Kier molecular flexibility index (Phi) is 6.99. The first kappa shape index (κ1) is 26.9. The van der Waals surface area contributed by atoms with Crippen molar-refractivity contribution >= 4 is 28.6 Å². The van der Waals surface area contributed by atoms with E-state index in [1.54, 1.807) is 0 Å². The maximum absolute atomic E-state index is 14.3. The van der Waals surface area contributed by atoms with Crippen LogP contribution in [0.15, 0.2) is 18.2 Å². The summed E-state index contributed by atoms with van der Waals surface area (Å²) in [5.74, 6) is -7.85. The molecule has 2 saturated heterocycles. The van der Waals surface area contributed by atoms with E-state index in [0.29, 0.717) is 25.5 Å². The summed E-state index contributed by atoms with van der Waals surface area (Å²) in [6.45, 7) is 0.347. The number of nitrogens with zero attached hydrogens (tertiary/aromatic N) is 2. The van der Waals surface area contributed by atoms with Crippen LogP contribution in [0.3, 0.4) is 0 Å². The fourth-order valence-electron chi connectivity index (χ4n) is 6.27. The number of H-pyrrole nitrogens is 1. The SMILES string of the molecule is N#C[C@@H](C[C@@H]1CCCNC1=O)NC(=O)[C@H]1[C@@H]2CC(F)(F)C[C@@H]2CN1C(=O)c1cc2c(C(F)F)cc(F)cc2[nH]1. The van der Waals surface area contributed by atoms with Crippen LogP contribution < -0.4 is 10.6 Å². The van der Waals surface area contributed by atoms with Gasteiger partial charge in [0.1, 0.15) is 23.6 Å². The number of amides is 3. The minimum atomic E-state index is -3.03. The molecule has 1 aliphatic carbocycles. The lowest BCUT2D eigenvalue weighted by molar-refractivity contribution is -0.129. The number of aromatic nitrogens is 1. The highest BCUT2D eigenvalue weighted by atomic mass is 19.3. The molecule has 2 aromatic rings. The molecule has 5 rings (SSSR count). The molecule has 1 aromatic heterocycles. The van der Waals surface area contributed by atoms with Crippen LogP contribution in [-0.4, -0.2) is 58.7 Å². The highest BCUT2D eigenvalue weighted by molar-refractivity contribution is 6.01. The van der Waals surface area contributed by atoms with E-state index in [1.807, 2.05) is 6.07 Å². The number of aromatic amines is 1. The predicted octanol–water partition coefficient (Wildman–Crippen LogP) is 3.66. The van der Waals surface area contributed by atoms with Gasteiger partial charge < -0.3 is 20.5 Å². The van der Waals surface area contributed by atoms with E-state index in [2.05, 4.69) is 15.6 Å². The zero-order valence-electron chi connectivity index (χ0n) is 20.7. The fourth-order valence-corrected chi connectivity index (χ4v) is 6.27. The molecule has 8 nitrogen and oxygen atoms in total. The van der Waals surface area contributed by atoms with Gasteiger partial charge in [-0.25, -0.2) is 22.0 Å². The van der Waals surface area contributed by atoms with Crippen LogP contribution in [0, 0.1) is 34.9 Å². The first-order chi connectivity index (χ1) is 18.5. The average Bonchev–Trinajstić information content (AvgIpc) is 3.53. The minimum absolute atomic E-state index is 0.0307. The van der Waals surface area contributed by atoms with Gasteiger partial charge in [-0.3, -0.25) is 14.4 Å². The summed E-state index contributed by atoms with van der Waals surface area (Å²) < 4.78 is 69.4. The summed E-state index contributed by atoms with van der Waals surface area (Å²) in [6, 6.07) is 2.27. The number of piperidine rings is 1. The maximum atomic E-state index is 14.3. The molecule has 208 valence electrons. The van der Waals surface area contributed by atoms with Crippen molar-refractivity contribution < 1.29 is 36.3 Å². The van der Waals surface area contributed by atoms with Crippen molar-refractivity contribution in [2.24, 2.45) is 17.8 Å². The molecule has 1 saturated carbocycles. The predicted molar refractivity (Wildman–Crippen MR) is 127 cm³/mol. The molecule has 39 heavy (non-hydrogen) atoms. The Bertz CT molecular complexity index is 1360. The molecular weight excluding hydrogens is 525 g/mol. The number of nitriles is 1. The first-order valence-corrected chi connectivity index (χ1v) is 12.7. The van der Waals surface area contributed by atoms with Crippen molar-refractivity contribution in [3.63, 3.8) is 0 Å². The molecule has 2 aliphatic heterocycles. The Morgan fingerprint density at radius 1 is 1.23 bits per heavy atom. The molecule has 3 N–H and O–H groups in total. The molecule has 3 aliphatic rings. The summed E-state index contributed by atoms with van der Waals surface area (Å²) in [4.78, 5) is 42.8. The van der Waals surface area contributed by atoms with Crippen LogP contribution >= 0.6 is 0 Å². The quantitative estimate of drug-likeness (QED) is 0.475. The second-order valence-corrected chi connectivity index (χ2v) is 10.6. The van der Waals surface area contributed by atoms with Gasteiger partial charge >= 0.3 is 0 Å². The van der Waals surface area contributed by atoms with Gasteiger partial charge in [0.05, 0.1) is 6.07 Å². The summed E-state index contributed by atoms with van der Waals surface area (Å²) >= 11 is 0. The van der Waals surface area contributed by atoms with Gasteiger partial charge in [0.25, 0.3) is 12.3 Å². The van der Waals surface area contributed by atoms with Crippen LogP contribution in [0.5, 0.6) is 0 Å². The minimum Gasteiger partial charge on any atom is -0.356 e. The lowest BCUT2D eigenvalue weighted by Crippen LogP contribution is -2.52. The van der Waals surface area contributed by atoms with Gasteiger partial charge in [0.2, 0.25) is 17.7 Å². The Labute approximate surface area is 219 Å². The van der Waals surface area contributed by atoms with E-state index in [4.69, 9.17) is 0 Å². The molecule has 3 amide bonds. The summed E-state index contributed by atoms with van der Waals surface area (Å²) in [7, 11) is 0. The van der Waals surface area contributed by atoms with Crippen LogP contribution in [-0.2, 0) is 9.59 Å². The van der Waals surface area contributed by atoms with Gasteiger partial charge in [-0.1, -0.05) is 0 Å². The van der Waals surface area contributed by atoms with Crippen LogP contribution in [0.25, 0.3) is 10.9 Å². The topological polar surface area (TPSA) is 118 Å². The smallest absolute Gasteiger partial charge is 0.271 e. The van der Waals surface area contributed by atoms with Crippen molar-refractivity contribution in [1.29, 1.82) is 5.26 Å². The van der Waals surface area contributed by atoms with Gasteiger partial charge in [0, 0.05) is 48.3 Å². The fraction of sp³-hybridized carbons (Fsp3) is 0.538. The molecule has 0 radical (unpaired) electrons. The Balaban J connectivity index is 1.41. The van der Waals surface area contributed by atoms with E-state index in [0.717, 1.165) is 17.0 Å². The van der Waals surface area contributed by atoms with Gasteiger partial charge in [-0.15, -0.1) is 0 Å². The second kappa shape index (κ2) is 10.1. The lowest BCUT2D eigenvalue weighted by Gasteiger charge is -2.29. The largest absolute Gasteiger partial charge is 0.356 e. The van der Waals surface area contributed by atoms with Gasteiger partial charge in [0.15, 0.2) is 0 Å². The Hall–Kier alpha value is -3.69. The van der Waals surface area contributed by atoms with Gasteiger partial charge in [-0.2, -0.15) is 5.26 Å². The molecule has 0 unspecified atom stereocenters. The molecule has 3 fully saturated rings. The van der Waals surface area contributed by atoms with Crippen molar-refractivity contribution in [2.75, 3.05) is 13.1 Å². The highest BCUT2D eigenvalue weighted by Crippen LogP contribution is 2.50. The number of hydrogen-bond acceptors (Lipinski definition) is 4. The first-order valence-electron chi connectivity index (χ1n) is 12.7. The molecule has 5 atom stereocenters. The number of hydrogen-bond donors (Lipinski definition) is 3. The molecule has 0 spiro atoms. The third-order valence-electron chi connectivity index (χ3n) is 7.99. The number of carbonyl (C=O) groups is 3. The third kappa shape index (κ3) is 5.16. The molecule has 1 aromatic carbocycles. The van der Waals surface area contributed by atoms with Gasteiger partial charge in [-0.05, 0) is 49.3 Å². The van der Waals surface area contributed by atoms with Crippen molar-refractivity contribution in [1.82, 2.24) is 20.5 Å². The molecule has 13 heteroatoms. The van der Waals surface area contributed by atoms with E-state index in [-0.39, 0.29) is 35.5 Å². The number of nitrogens with one attached hydrogen (secondary N) is 3. The summed E-state index contributed by atoms with van der Waals surface area (Å²) in [5, 5.41) is 14.8. The zero-order chi connectivity index (χ0) is 28.1. The third-order valence-corrected chi connectivity index (χ3v) is 7.99. The molecule has 0 bridgehead atoms. The molecule has 3 heterocycles. The van der Waals surface area contributed by atoms with Crippen molar-refractivity contribution in [3.8, 4) is 6.07 Å². The Morgan fingerprint density at radius 2 is 2.00 bits per heavy atom. The van der Waals surface area contributed by atoms with E-state index < -0.39 is 78.2 Å². The number of likely N-dealkylation sites (tertiary alicyclic amines) is 1. The monoisotopic (exact) mass is 551 g/mol. The number of rotatable bonds is 6.